The van der Waals surface area contributed by atoms with E-state index in [1.165, 1.54) is 4.90 Å². The summed E-state index contributed by atoms with van der Waals surface area (Å²) in [5.74, 6) is -1.05. The standard InChI is InChI=1S/C16H24N2O3/c1-5-17-16(3,4)15(21)18(11-10-14(19)20)13-8-6-12(2)7-9-13/h6-9,17H,5,10-11H2,1-4H3,(H,19,20). The number of carbonyl (C=O) groups is 2. The SMILES string of the molecule is CCNC(C)(C)C(=O)N(CCC(=O)O)c1ccc(C)cc1. The molecular weight excluding hydrogens is 268 g/mol. The number of hydrogen-bond acceptors (Lipinski definition) is 3. The van der Waals surface area contributed by atoms with E-state index in [1.54, 1.807) is 13.8 Å². The van der Waals surface area contributed by atoms with Crippen molar-refractivity contribution in [2.45, 2.75) is 39.7 Å². The van der Waals surface area contributed by atoms with Crippen molar-refractivity contribution in [1.29, 1.82) is 0 Å². The van der Waals surface area contributed by atoms with Crippen LogP contribution in [-0.4, -0.2) is 35.6 Å². The Bertz CT molecular complexity index is 495. The number of benzene rings is 1. The Morgan fingerprint density at radius 1 is 1.24 bits per heavy atom. The molecule has 1 aromatic rings. The van der Waals surface area contributed by atoms with Gasteiger partial charge < -0.3 is 15.3 Å². The molecule has 0 radical (unpaired) electrons. The van der Waals surface area contributed by atoms with Crippen LogP contribution in [0.1, 0.15) is 32.8 Å². The van der Waals surface area contributed by atoms with Gasteiger partial charge in [0.2, 0.25) is 5.91 Å². The van der Waals surface area contributed by atoms with Gasteiger partial charge in [0, 0.05) is 12.2 Å². The fourth-order valence-electron chi connectivity index (χ4n) is 2.14. The zero-order valence-electron chi connectivity index (χ0n) is 13.1. The summed E-state index contributed by atoms with van der Waals surface area (Å²) in [5.41, 5.74) is 1.08. The second kappa shape index (κ2) is 7.22. The zero-order valence-corrected chi connectivity index (χ0v) is 13.1. The second-order valence-corrected chi connectivity index (χ2v) is 5.59. The predicted octanol–water partition coefficient (Wildman–Crippen LogP) is 2.19. The van der Waals surface area contributed by atoms with Crippen LogP contribution in [0.15, 0.2) is 24.3 Å². The minimum atomic E-state index is -0.916. The molecule has 0 unspecified atom stereocenters. The van der Waals surface area contributed by atoms with Crippen molar-refractivity contribution in [2.75, 3.05) is 18.0 Å². The van der Waals surface area contributed by atoms with Crippen molar-refractivity contribution >= 4 is 17.6 Å². The molecule has 1 rings (SSSR count). The van der Waals surface area contributed by atoms with Crippen molar-refractivity contribution in [3.8, 4) is 0 Å². The third-order valence-electron chi connectivity index (χ3n) is 3.29. The van der Waals surface area contributed by atoms with Crippen LogP contribution in [0.2, 0.25) is 0 Å². The largest absolute Gasteiger partial charge is 0.481 e. The van der Waals surface area contributed by atoms with Crippen molar-refractivity contribution in [3.63, 3.8) is 0 Å². The molecule has 21 heavy (non-hydrogen) atoms. The molecule has 1 amide bonds. The molecule has 0 aliphatic rings. The molecule has 1 aromatic carbocycles. The van der Waals surface area contributed by atoms with Crippen molar-refractivity contribution in [1.82, 2.24) is 5.32 Å². The maximum atomic E-state index is 12.7. The number of hydrogen-bond donors (Lipinski definition) is 2. The number of anilines is 1. The van der Waals surface area contributed by atoms with Crippen LogP contribution in [0, 0.1) is 6.92 Å². The first-order chi connectivity index (χ1) is 9.77. The molecule has 0 heterocycles. The number of rotatable bonds is 7. The fourth-order valence-corrected chi connectivity index (χ4v) is 2.14. The van der Waals surface area contributed by atoms with E-state index in [9.17, 15) is 9.59 Å². The lowest BCUT2D eigenvalue weighted by atomic mass is 10.0. The Labute approximate surface area is 126 Å². The van der Waals surface area contributed by atoms with Crippen molar-refractivity contribution in [3.05, 3.63) is 29.8 Å². The van der Waals surface area contributed by atoms with Crippen LogP contribution in [0.4, 0.5) is 5.69 Å². The van der Waals surface area contributed by atoms with Crippen LogP contribution in [0.5, 0.6) is 0 Å². The van der Waals surface area contributed by atoms with Crippen LogP contribution >= 0.6 is 0 Å². The first kappa shape index (κ1) is 17.2. The van der Waals surface area contributed by atoms with Gasteiger partial charge in [-0.05, 0) is 39.4 Å². The minimum absolute atomic E-state index is 0.0815. The Morgan fingerprint density at radius 3 is 2.29 bits per heavy atom. The predicted molar refractivity (Wildman–Crippen MR) is 83.5 cm³/mol. The van der Waals surface area contributed by atoms with E-state index in [0.717, 1.165) is 11.3 Å². The molecule has 0 spiro atoms. The van der Waals surface area contributed by atoms with E-state index in [-0.39, 0.29) is 18.9 Å². The highest BCUT2D eigenvalue weighted by Gasteiger charge is 2.32. The molecule has 116 valence electrons. The molecule has 0 bridgehead atoms. The third kappa shape index (κ3) is 4.86. The number of likely N-dealkylation sites (N-methyl/N-ethyl adjacent to an activating group) is 1. The van der Waals surface area contributed by atoms with Gasteiger partial charge in [-0.2, -0.15) is 0 Å². The second-order valence-electron chi connectivity index (χ2n) is 5.59. The number of carboxylic acids is 1. The number of aryl methyl sites for hydroxylation is 1. The van der Waals surface area contributed by atoms with Gasteiger partial charge in [-0.1, -0.05) is 24.6 Å². The monoisotopic (exact) mass is 292 g/mol. The Balaban J connectivity index is 3.04. The number of carboxylic acid groups (broad SMARTS) is 1. The molecule has 0 aliphatic carbocycles. The average Bonchev–Trinajstić information content (AvgIpc) is 2.40. The third-order valence-corrected chi connectivity index (χ3v) is 3.29. The highest BCUT2D eigenvalue weighted by Crippen LogP contribution is 2.20. The van der Waals surface area contributed by atoms with E-state index in [2.05, 4.69) is 5.32 Å². The van der Waals surface area contributed by atoms with Crippen LogP contribution in [0.25, 0.3) is 0 Å². The summed E-state index contributed by atoms with van der Waals surface area (Å²) < 4.78 is 0. The number of nitrogens with zero attached hydrogens (tertiary/aromatic N) is 1. The molecule has 0 fully saturated rings. The molecular formula is C16H24N2O3. The highest BCUT2D eigenvalue weighted by molar-refractivity contribution is 6.00. The van der Waals surface area contributed by atoms with E-state index in [1.807, 2.05) is 38.1 Å². The van der Waals surface area contributed by atoms with E-state index in [0.29, 0.717) is 6.54 Å². The van der Waals surface area contributed by atoms with Crippen molar-refractivity contribution in [2.24, 2.45) is 0 Å². The lowest BCUT2D eigenvalue weighted by Gasteiger charge is -2.32. The number of carbonyl (C=O) groups excluding carboxylic acids is 1. The zero-order chi connectivity index (χ0) is 16.0. The smallest absolute Gasteiger partial charge is 0.305 e. The summed E-state index contributed by atoms with van der Waals surface area (Å²) in [6, 6.07) is 7.52. The Kier molecular flexibility index (Phi) is 5.90. The van der Waals surface area contributed by atoms with Gasteiger partial charge in [-0.25, -0.2) is 0 Å². The summed E-state index contributed by atoms with van der Waals surface area (Å²) in [6.07, 6.45) is -0.0815. The lowest BCUT2D eigenvalue weighted by molar-refractivity contribution is -0.136. The molecule has 0 aliphatic heterocycles. The summed E-state index contributed by atoms with van der Waals surface area (Å²) in [6.45, 7) is 8.34. The molecule has 0 saturated heterocycles. The van der Waals surface area contributed by atoms with Gasteiger partial charge in [-0.15, -0.1) is 0 Å². The summed E-state index contributed by atoms with van der Waals surface area (Å²) in [5, 5.41) is 12.0. The molecule has 0 atom stereocenters. The van der Waals surface area contributed by atoms with E-state index >= 15 is 0 Å². The Hall–Kier alpha value is -1.88. The van der Waals surface area contributed by atoms with Gasteiger partial charge in [0.25, 0.3) is 0 Å². The fraction of sp³-hybridized carbons (Fsp3) is 0.500. The first-order valence-corrected chi connectivity index (χ1v) is 7.13. The highest BCUT2D eigenvalue weighted by atomic mass is 16.4. The Morgan fingerprint density at radius 2 is 1.81 bits per heavy atom. The molecule has 0 saturated carbocycles. The van der Waals surface area contributed by atoms with Crippen LogP contribution < -0.4 is 10.2 Å². The van der Waals surface area contributed by atoms with Crippen LogP contribution in [0.3, 0.4) is 0 Å². The molecule has 2 N–H and O–H groups in total. The quantitative estimate of drug-likeness (QED) is 0.808. The molecule has 0 aromatic heterocycles. The lowest BCUT2D eigenvalue weighted by Crippen LogP contribution is -2.54. The topological polar surface area (TPSA) is 69.6 Å². The number of aliphatic carboxylic acids is 1. The van der Waals surface area contributed by atoms with E-state index in [4.69, 9.17) is 5.11 Å². The summed E-state index contributed by atoms with van der Waals surface area (Å²) >= 11 is 0. The average molecular weight is 292 g/mol. The van der Waals surface area contributed by atoms with Gasteiger partial charge in [-0.3, -0.25) is 9.59 Å². The maximum Gasteiger partial charge on any atom is 0.305 e. The maximum absolute atomic E-state index is 12.7. The first-order valence-electron chi connectivity index (χ1n) is 7.13. The number of amides is 1. The van der Waals surface area contributed by atoms with Gasteiger partial charge in [0.1, 0.15) is 0 Å². The van der Waals surface area contributed by atoms with Gasteiger partial charge in [0.15, 0.2) is 0 Å². The number of nitrogens with one attached hydrogen (secondary N) is 1. The minimum Gasteiger partial charge on any atom is -0.481 e. The van der Waals surface area contributed by atoms with Crippen molar-refractivity contribution < 1.29 is 14.7 Å². The normalized spacial score (nSPS) is 11.2. The van der Waals surface area contributed by atoms with Gasteiger partial charge >= 0.3 is 5.97 Å². The van der Waals surface area contributed by atoms with Gasteiger partial charge in [0.05, 0.1) is 12.0 Å². The van der Waals surface area contributed by atoms with E-state index < -0.39 is 11.5 Å². The molecule has 5 nitrogen and oxygen atoms in total. The summed E-state index contributed by atoms with van der Waals surface area (Å²) in [7, 11) is 0. The molecule has 5 heteroatoms. The van der Waals surface area contributed by atoms with Crippen LogP contribution in [-0.2, 0) is 9.59 Å². The summed E-state index contributed by atoms with van der Waals surface area (Å²) in [4.78, 5) is 25.1.